The zero-order valence-corrected chi connectivity index (χ0v) is 17.1. The van der Waals surface area contributed by atoms with E-state index >= 15 is 0 Å². The number of primary amides is 1. The van der Waals surface area contributed by atoms with Crippen LogP contribution in [-0.2, 0) is 16.1 Å². The maximum absolute atomic E-state index is 13.2. The van der Waals surface area contributed by atoms with Crippen molar-refractivity contribution < 1.29 is 9.59 Å². The zero-order chi connectivity index (χ0) is 19.8. The van der Waals surface area contributed by atoms with Gasteiger partial charge in [0.25, 0.3) is 0 Å². The second-order valence-electron chi connectivity index (χ2n) is 8.12. The van der Waals surface area contributed by atoms with E-state index in [0.717, 1.165) is 45.6 Å². The summed E-state index contributed by atoms with van der Waals surface area (Å²) in [6.07, 6.45) is 2.27. The van der Waals surface area contributed by atoms with Crippen LogP contribution in [0.1, 0.15) is 45.6 Å². The highest BCUT2D eigenvalue weighted by Gasteiger charge is 2.35. The van der Waals surface area contributed by atoms with Crippen molar-refractivity contribution in [1.29, 1.82) is 0 Å². The molecule has 1 aliphatic rings. The van der Waals surface area contributed by atoms with Crippen molar-refractivity contribution >= 4 is 11.8 Å². The molecular formula is C22H35N3O2. The van der Waals surface area contributed by atoms with Crippen LogP contribution in [0.2, 0.25) is 0 Å². The molecule has 1 heterocycles. The quantitative estimate of drug-likeness (QED) is 0.724. The highest BCUT2D eigenvalue weighted by Crippen LogP contribution is 2.27. The molecule has 1 saturated heterocycles. The van der Waals surface area contributed by atoms with Crippen molar-refractivity contribution in [1.82, 2.24) is 9.80 Å². The summed E-state index contributed by atoms with van der Waals surface area (Å²) in [4.78, 5) is 29.5. The number of benzene rings is 1. The second-order valence-corrected chi connectivity index (χ2v) is 8.12. The molecule has 5 nitrogen and oxygen atoms in total. The van der Waals surface area contributed by atoms with E-state index in [0.29, 0.717) is 12.3 Å². The summed E-state index contributed by atoms with van der Waals surface area (Å²) in [5, 5.41) is 0. The Balaban J connectivity index is 1.98. The number of carbonyl (C=O) groups excluding carboxylic acids is 2. The molecule has 150 valence electrons. The van der Waals surface area contributed by atoms with Gasteiger partial charge in [0.2, 0.25) is 11.8 Å². The number of piperazine rings is 1. The third-order valence-electron chi connectivity index (χ3n) is 5.43. The minimum Gasteiger partial charge on any atom is -0.369 e. The molecular weight excluding hydrogens is 338 g/mol. The molecule has 0 bridgehead atoms. The fourth-order valence-electron chi connectivity index (χ4n) is 4.00. The first-order chi connectivity index (χ1) is 12.9. The van der Waals surface area contributed by atoms with Crippen molar-refractivity contribution in [2.75, 3.05) is 26.2 Å². The minimum atomic E-state index is -0.354. The summed E-state index contributed by atoms with van der Waals surface area (Å²) in [6.45, 7) is 10.3. The van der Waals surface area contributed by atoms with Crippen LogP contribution in [0.3, 0.4) is 0 Å². The van der Waals surface area contributed by atoms with E-state index in [2.05, 4.69) is 43.0 Å². The zero-order valence-electron chi connectivity index (χ0n) is 17.1. The van der Waals surface area contributed by atoms with Gasteiger partial charge in [-0.25, -0.2) is 0 Å². The summed E-state index contributed by atoms with van der Waals surface area (Å²) in [5.74, 6) is -0.508. The van der Waals surface area contributed by atoms with E-state index in [1.54, 1.807) is 0 Å². The number of nitrogens with zero attached hydrogens (tertiary/aromatic N) is 2. The fourth-order valence-corrected chi connectivity index (χ4v) is 4.00. The second kappa shape index (κ2) is 10.5. The molecule has 1 aromatic rings. The van der Waals surface area contributed by atoms with E-state index in [1.165, 1.54) is 5.56 Å². The summed E-state index contributed by atoms with van der Waals surface area (Å²) < 4.78 is 0. The maximum Gasteiger partial charge on any atom is 0.226 e. The van der Waals surface area contributed by atoms with Gasteiger partial charge in [-0.2, -0.15) is 0 Å². The Morgan fingerprint density at radius 3 is 2.19 bits per heavy atom. The molecule has 2 amide bonds. The highest BCUT2D eigenvalue weighted by atomic mass is 16.2. The van der Waals surface area contributed by atoms with E-state index in [1.807, 2.05) is 17.9 Å². The van der Waals surface area contributed by atoms with Gasteiger partial charge in [0.05, 0.1) is 0 Å². The Hall–Kier alpha value is -1.88. The predicted molar refractivity (Wildman–Crippen MR) is 109 cm³/mol. The molecule has 2 rings (SSSR count). The Morgan fingerprint density at radius 1 is 1.04 bits per heavy atom. The SMILES string of the molecule is CCC[C@H](C(N)=O)[C@@H](CC(C)C)C(=O)N1CCN(Cc2ccccc2)CC1. The van der Waals surface area contributed by atoms with Crippen molar-refractivity contribution in [3.05, 3.63) is 35.9 Å². The predicted octanol–water partition coefficient (Wildman–Crippen LogP) is 2.89. The first-order valence-electron chi connectivity index (χ1n) is 10.3. The van der Waals surface area contributed by atoms with Gasteiger partial charge >= 0.3 is 0 Å². The molecule has 2 atom stereocenters. The van der Waals surface area contributed by atoms with Gasteiger partial charge in [-0.1, -0.05) is 57.5 Å². The number of carbonyl (C=O) groups is 2. The summed E-state index contributed by atoms with van der Waals surface area (Å²) in [5.41, 5.74) is 6.95. The van der Waals surface area contributed by atoms with Crippen LogP contribution in [-0.4, -0.2) is 47.8 Å². The maximum atomic E-state index is 13.2. The average Bonchev–Trinajstić information content (AvgIpc) is 2.65. The highest BCUT2D eigenvalue weighted by molar-refractivity contribution is 5.87. The fraction of sp³-hybridized carbons (Fsp3) is 0.636. The van der Waals surface area contributed by atoms with Gasteiger partial charge in [0.15, 0.2) is 0 Å². The molecule has 1 aromatic carbocycles. The molecule has 0 saturated carbocycles. The third-order valence-corrected chi connectivity index (χ3v) is 5.43. The standard InChI is InChI=1S/C22H35N3O2/c1-4-8-19(21(23)26)20(15-17(2)3)22(27)25-13-11-24(12-14-25)16-18-9-6-5-7-10-18/h5-7,9-10,17,19-20H,4,8,11-16H2,1-3H3,(H2,23,26)/t19-,20+/m0/s1. The summed E-state index contributed by atoms with van der Waals surface area (Å²) in [6, 6.07) is 10.4. The first-order valence-corrected chi connectivity index (χ1v) is 10.3. The molecule has 1 aliphatic heterocycles. The van der Waals surface area contributed by atoms with Crippen LogP contribution in [0.15, 0.2) is 30.3 Å². The normalized spacial score (nSPS) is 17.7. The topological polar surface area (TPSA) is 66.6 Å². The van der Waals surface area contributed by atoms with E-state index < -0.39 is 0 Å². The first kappa shape index (κ1) is 21.4. The van der Waals surface area contributed by atoms with Gasteiger partial charge in [-0.3, -0.25) is 14.5 Å². The van der Waals surface area contributed by atoms with Crippen molar-refractivity contribution in [2.24, 2.45) is 23.5 Å². The molecule has 2 N–H and O–H groups in total. The van der Waals surface area contributed by atoms with Gasteiger partial charge in [-0.05, 0) is 24.3 Å². The molecule has 0 radical (unpaired) electrons. The van der Waals surface area contributed by atoms with Crippen LogP contribution in [0.4, 0.5) is 0 Å². The van der Waals surface area contributed by atoms with E-state index in [9.17, 15) is 9.59 Å². The minimum absolute atomic E-state index is 0.111. The number of amides is 2. The number of rotatable bonds is 9. The molecule has 0 unspecified atom stereocenters. The van der Waals surface area contributed by atoms with Crippen LogP contribution < -0.4 is 5.73 Å². The molecule has 5 heteroatoms. The van der Waals surface area contributed by atoms with Crippen molar-refractivity contribution in [3.8, 4) is 0 Å². The average molecular weight is 374 g/mol. The molecule has 1 fully saturated rings. The lowest BCUT2D eigenvalue weighted by Gasteiger charge is -2.38. The Labute approximate surface area is 163 Å². The lowest BCUT2D eigenvalue weighted by molar-refractivity contribution is -0.143. The third kappa shape index (κ3) is 6.35. The van der Waals surface area contributed by atoms with Crippen LogP contribution in [0.5, 0.6) is 0 Å². The number of hydrogen-bond donors (Lipinski definition) is 1. The lowest BCUT2D eigenvalue weighted by Crippen LogP contribution is -2.52. The summed E-state index contributed by atoms with van der Waals surface area (Å²) >= 11 is 0. The van der Waals surface area contributed by atoms with E-state index in [-0.39, 0.29) is 23.7 Å². The molecule has 0 aliphatic carbocycles. The lowest BCUT2D eigenvalue weighted by atomic mass is 9.81. The Morgan fingerprint density at radius 2 is 1.67 bits per heavy atom. The van der Waals surface area contributed by atoms with Crippen LogP contribution in [0.25, 0.3) is 0 Å². The van der Waals surface area contributed by atoms with Crippen LogP contribution >= 0.6 is 0 Å². The van der Waals surface area contributed by atoms with Crippen LogP contribution in [0, 0.1) is 17.8 Å². The molecule has 0 aromatic heterocycles. The number of hydrogen-bond acceptors (Lipinski definition) is 3. The molecule has 0 spiro atoms. The summed E-state index contributed by atoms with van der Waals surface area (Å²) in [7, 11) is 0. The van der Waals surface area contributed by atoms with Crippen molar-refractivity contribution in [2.45, 2.75) is 46.6 Å². The Bertz CT molecular complexity index is 595. The Kier molecular flexibility index (Phi) is 8.29. The van der Waals surface area contributed by atoms with Crippen molar-refractivity contribution in [3.63, 3.8) is 0 Å². The van der Waals surface area contributed by atoms with Gasteiger partial charge in [0.1, 0.15) is 0 Å². The van der Waals surface area contributed by atoms with Gasteiger partial charge in [-0.15, -0.1) is 0 Å². The number of nitrogens with two attached hydrogens (primary N) is 1. The molecule has 27 heavy (non-hydrogen) atoms. The van der Waals surface area contributed by atoms with Gasteiger partial charge in [0, 0.05) is 44.6 Å². The smallest absolute Gasteiger partial charge is 0.226 e. The van der Waals surface area contributed by atoms with E-state index in [4.69, 9.17) is 5.73 Å². The van der Waals surface area contributed by atoms with Gasteiger partial charge < -0.3 is 10.6 Å². The monoisotopic (exact) mass is 373 g/mol. The largest absolute Gasteiger partial charge is 0.369 e.